The highest BCUT2D eigenvalue weighted by Crippen LogP contribution is 2.40. The molecule has 10 heteroatoms. The first-order valence-corrected chi connectivity index (χ1v) is 12.6. The molecule has 1 aliphatic rings. The van der Waals surface area contributed by atoms with Crippen LogP contribution in [0.5, 0.6) is 11.5 Å². The summed E-state index contributed by atoms with van der Waals surface area (Å²) >= 11 is 0. The number of phenolic OH excluding ortho intramolecular Hbond substituents is 1. The second-order valence-electron chi connectivity index (χ2n) is 8.51. The zero-order chi connectivity index (χ0) is 25.6. The monoisotopic (exact) mass is 505 g/mol. The largest absolute Gasteiger partial charge is 0.507 e. The Hall–Kier alpha value is -4.15. The highest BCUT2D eigenvalue weighted by atomic mass is 32.2. The predicted molar refractivity (Wildman–Crippen MR) is 136 cm³/mol. The quantitative estimate of drug-likeness (QED) is 0.394. The Morgan fingerprint density at radius 2 is 1.78 bits per heavy atom. The number of hydrogen-bond acceptors (Lipinski definition) is 8. The Kier molecular flexibility index (Phi) is 5.77. The van der Waals surface area contributed by atoms with E-state index in [4.69, 9.17) is 19.4 Å². The average molecular weight is 506 g/mol. The molecule has 0 spiro atoms. The van der Waals surface area contributed by atoms with Crippen molar-refractivity contribution < 1.29 is 22.7 Å². The van der Waals surface area contributed by atoms with Gasteiger partial charge in [0.15, 0.2) is 5.58 Å². The molecule has 36 heavy (non-hydrogen) atoms. The molecule has 1 aromatic heterocycles. The minimum Gasteiger partial charge on any atom is -0.507 e. The van der Waals surface area contributed by atoms with Gasteiger partial charge in [-0.2, -0.15) is 5.10 Å². The van der Waals surface area contributed by atoms with Gasteiger partial charge in [-0.25, -0.2) is 18.4 Å². The second-order valence-corrected chi connectivity index (χ2v) is 10.1. The fraction of sp³-hybridized carbons (Fsp3) is 0.154. The molecule has 4 aromatic rings. The van der Waals surface area contributed by atoms with E-state index in [2.05, 4.69) is 0 Å². The number of hydrogen-bond donors (Lipinski definition) is 2. The van der Waals surface area contributed by atoms with Crippen molar-refractivity contribution in [3.05, 3.63) is 93.8 Å². The molecule has 3 aromatic carbocycles. The van der Waals surface area contributed by atoms with Crippen LogP contribution in [0.25, 0.3) is 11.0 Å². The van der Waals surface area contributed by atoms with E-state index >= 15 is 0 Å². The van der Waals surface area contributed by atoms with Crippen molar-refractivity contribution in [2.45, 2.75) is 24.3 Å². The van der Waals surface area contributed by atoms with Crippen LogP contribution >= 0.6 is 0 Å². The number of hydrazone groups is 1. The number of phenols is 1. The molecule has 2 heterocycles. The Morgan fingerprint density at radius 1 is 1.08 bits per heavy atom. The fourth-order valence-electron chi connectivity index (χ4n) is 4.43. The smallest absolute Gasteiger partial charge is 0.336 e. The number of nitrogens with two attached hydrogens (primary N) is 1. The van der Waals surface area contributed by atoms with Gasteiger partial charge in [0.05, 0.1) is 35.0 Å². The average Bonchev–Trinajstić information content (AvgIpc) is 3.28. The molecule has 5 rings (SSSR count). The number of ether oxygens (including phenoxy) is 1. The van der Waals surface area contributed by atoms with E-state index in [0.29, 0.717) is 34.5 Å². The SMILES string of the molecule is COc1ccc(C2CC(c3c(O)ccc4c(C)cc(=O)oc34)=NN2c2ccc(S(N)(=O)=O)cc2)cc1. The molecule has 0 aliphatic carbocycles. The summed E-state index contributed by atoms with van der Waals surface area (Å²) in [4.78, 5) is 12.1. The van der Waals surface area contributed by atoms with Crippen LogP contribution in [0.1, 0.15) is 29.2 Å². The number of methoxy groups -OCH3 is 1. The van der Waals surface area contributed by atoms with Crippen LogP contribution in [-0.2, 0) is 10.0 Å². The molecule has 9 nitrogen and oxygen atoms in total. The molecule has 0 radical (unpaired) electrons. The highest BCUT2D eigenvalue weighted by molar-refractivity contribution is 7.89. The summed E-state index contributed by atoms with van der Waals surface area (Å²) in [7, 11) is -2.26. The first-order chi connectivity index (χ1) is 17.2. The third-order valence-electron chi connectivity index (χ3n) is 6.23. The molecule has 1 aliphatic heterocycles. The molecule has 184 valence electrons. The van der Waals surface area contributed by atoms with E-state index in [1.807, 2.05) is 24.3 Å². The molecule has 0 amide bonds. The van der Waals surface area contributed by atoms with Gasteiger partial charge in [-0.3, -0.25) is 5.01 Å². The lowest BCUT2D eigenvalue weighted by Crippen LogP contribution is -2.19. The third kappa shape index (κ3) is 4.21. The molecule has 1 atom stereocenters. The number of primary sulfonamides is 1. The summed E-state index contributed by atoms with van der Waals surface area (Å²) in [6.45, 7) is 1.80. The number of rotatable bonds is 5. The molecule has 0 saturated heterocycles. The Labute approximate surface area is 207 Å². The van der Waals surface area contributed by atoms with Crippen molar-refractivity contribution in [2.24, 2.45) is 10.2 Å². The number of aryl methyl sites for hydroxylation is 1. The lowest BCUT2D eigenvalue weighted by atomic mass is 9.96. The van der Waals surface area contributed by atoms with Crippen molar-refractivity contribution in [2.75, 3.05) is 12.1 Å². The van der Waals surface area contributed by atoms with E-state index in [9.17, 15) is 18.3 Å². The van der Waals surface area contributed by atoms with E-state index in [-0.39, 0.29) is 22.3 Å². The van der Waals surface area contributed by atoms with Crippen LogP contribution in [0, 0.1) is 6.92 Å². The Bertz CT molecular complexity index is 1660. The summed E-state index contributed by atoms with van der Waals surface area (Å²) < 4.78 is 34.3. The lowest BCUT2D eigenvalue weighted by molar-refractivity contribution is 0.414. The maximum Gasteiger partial charge on any atom is 0.336 e. The minimum absolute atomic E-state index is 0.0143. The molecular weight excluding hydrogens is 482 g/mol. The normalized spacial score (nSPS) is 15.8. The van der Waals surface area contributed by atoms with Crippen LogP contribution in [0.4, 0.5) is 5.69 Å². The first kappa shape index (κ1) is 23.6. The number of benzene rings is 3. The molecule has 0 saturated carbocycles. The standard InChI is InChI=1S/C26H23N3O6S/c1-15-13-24(31)35-26-20(15)11-12-23(30)25(26)21-14-22(16-3-7-18(34-2)8-4-16)29(28-21)17-5-9-19(10-6-17)36(27,32)33/h3-13,22,30H,14H2,1-2H3,(H2,27,32,33). The summed E-state index contributed by atoms with van der Waals surface area (Å²) in [6, 6.07) is 18.0. The molecule has 1 unspecified atom stereocenters. The van der Waals surface area contributed by atoms with Crippen LogP contribution < -0.4 is 20.5 Å². The van der Waals surface area contributed by atoms with Crippen molar-refractivity contribution in [1.82, 2.24) is 0 Å². The van der Waals surface area contributed by atoms with Crippen molar-refractivity contribution in [1.29, 1.82) is 0 Å². The Balaban J connectivity index is 1.66. The van der Waals surface area contributed by atoms with Gasteiger partial charge in [-0.1, -0.05) is 12.1 Å². The number of anilines is 1. The third-order valence-corrected chi connectivity index (χ3v) is 7.16. The Morgan fingerprint density at radius 3 is 2.42 bits per heavy atom. The topological polar surface area (TPSA) is 135 Å². The summed E-state index contributed by atoms with van der Waals surface area (Å²) in [6.07, 6.45) is 0.383. The van der Waals surface area contributed by atoms with E-state index in [0.717, 1.165) is 11.1 Å². The fourth-order valence-corrected chi connectivity index (χ4v) is 4.94. The van der Waals surface area contributed by atoms with Gasteiger partial charge in [0.2, 0.25) is 10.0 Å². The van der Waals surface area contributed by atoms with Gasteiger partial charge in [0.1, 0.15) is 11.5 Å². The van der Waals surface area contributed by atoms with Gasteiger partial charge in [0, 0.05) is 17.9 Å². The van der Waals surface area contributed by atoms with Gasteiger partial charge >= 0.3 is 5.63 Å². The van der Waals surface area contributed by atoms with E-state index in [1.54, 1.807) is 43.3 Å². The lowest BCUT2D eigenvalue weighted by Gasteiger charge is -2.24. The zero-order valence-electron chi connectivity index (χ0n) is 19.5. The first-order valence-electron chi connectivity index (χ1n) is 11.1. The van der Waals surface area contributed by atoms with Crippen LogP contribution in [0.15, 0.2) is 85.9 Å². The number of nitrogens with zero attached hydrogens (tertiary/aromatic N) is 2. The maximum atomic E-state index is 12.2. The van der Waals surface area contributed by atoms with Crippen molar-refractivity contribution >= 4 is 32.4 Å². The highest BCUT2D eigenvalue weighted by Gasteiger charge is 2.33. The molecule has 0 fully saturated rings. The van der Waals surface area contributed by atoms with Gasteiger partial charge < -0.3 is 14.3 Å². The predicted octanol–water partition coefficient (Wildman–Crippen LogP) is 3.82. The van der Waals surface area contributed by atoms with E-state index < -0.39 is 15.6 Å². The number of sulfonamides is 1. The summed E-state index contributed by atoms with van der Waals surface area (Å²) in [5, 5.41) is 23.3. The summed E-state index contributed by atoms with van der Waals surface area (Å²) in [5.74, 6) is 0.640. The van der Waals surface area contributed by atoms with Crippen LogP contribution in [-0.4, -0.2) is 26.3 Å². The molecule has 3 N–H and O–H groups in total. The van der Waals surface area contributed by atoms with Crippen molar-refractivity contribution in [3.63, 3.8) is 0 Å². The summed E-state index contributed by atoms with van der Waals surface area (Å²) in [5.41, 5.74) is 2.87. The van der Waals surface area contributed by atoms with Crippen molar-refractivity contribution in [3.8, 4) is 11.5 Å². The number of fused-ring (bicyclic) bond motifs is 1. The number of aromatic hydroxyl groups is 1. The van der Waals surface area contributed by atoms with Crippen LogP contribution in [0.3, 0.4) is 0 Å². The van der Waals surface area contributed by atoms with E-state index in [1.165, 1.54) is 18.2 Å². The molecule has 0 bridgehead atoms. The van der Waals surface area contributed by atoms with Gasteiger partial charge in [-0.05, 0) is 66.6 Å². The molecular formula is C26H23N3O6S. The maximum absolute atomic E-state index is 12.2. The van der Waals surface area contributed by atoms with Gasteiger partial charge in [-0.15, -0.1) is 0 Å². The van der Waals surface area contributed by atoms with Crippen LogP contribution in [0.2, 0.25) is 0 Å². The zero-order valence-corrected chi connectivity index (χ0v) is 20.3. The second kappa shape index (κ2) is 8.81. The minimum atomic E-state index is -3.85. The van der Waals surface area contributed by atoms with Gasteiger partial charge in [0.25, 0.3) is 0 Å².